The summed E-state index contributed by atoms with van der Waals surface area (Å²) in [6.45, 7) is 0. The van der Waals surface area contributed by atoms with E-state index >= 15 is 0 Å². The largest absolute Gasteiger partial charge is 0.329 e. The van der Waals surface area contributed by atoms with Crippen LogP contribution in [0.1, 0.15) is 37.7 Å². The van der Waals surface area contributed by atoms with Crippen LogP contribution < -0.4 is 5.32 Å². The summed E-state index contributed by atoms with van der Waals surface area (Å²) in [6, 6.07) is 4.69. The lowest BCUT2D eigenvalue weighted by Gasteiger charge is -2.28. The van der Waals surface area contributed by atoms with Crippen LogP contribution in [-0.2, 0) is 4.79 Å². The third-order valence-electron chi connectivity index (χ3n) is 4.11. The fraction of sp³-hybridized carbons (Fsp3) is 0.375. The molecule has 2 fully saturated rings. The topological polar surface area (TPSA) is 49.4 Å². The maximum absolute atomic E-state index is 12.5. The number of carbonyl (C=O) groups is 2. The van der Waals surface area contributed by atoms with Crippen LogP contribution >= 0.6 is 23.2 Å². The highest BCUT2D eigenvalue weighted by atomic mass is 35.5. The van der Waals surface area contributed by atoms with Crippen LogP contribution in [0.5, 0.6) is 0 Å². The minimum atomic E-state index is -0.340. The van der Waals surface area contributed by atoms with E-state index in [0.29, 0.717) is 15.6 Å². The van der Waals surface area contributed by atoms with E-state index in [1.165, 1.54) is 11.3 Å². The lowest BCUT2D eigenvalue weighted by Crippen LogP contribution is -2.41. The van der Waals surface area contributed by atoms with Crippen LogP contribution in [-0.4, -0.2) is 22.9 Å². The molecule has 1 N–H and O–H groups in total. The second-order valence-corrected chi connectivity index (χ2v) is 6.46. The number of imide groups is 1. The van der Waals surface area contributed by atoms with Crippen molar-refractivity contribution in [3.8, 4) is 0 Å². The van der Waals surface area contributed by atoms with Gasteiger partial charge < -0.3 is 5.32 Å². The summed E-state index contributed by atoms with van der Waals surface area (Å²) in [5.74, 6) is -0.275. The average Bonchev–Trinajstić information content (AvgIpc) is 2.77. The minimum absolute atomic E-state index is 0.00726. The number of rotatable bonds is 2. The van der Waals surface area contributed by atoms with Gasteiger partial charge in [0.2, 0.25) is 0 Å². The van der Waals surface area contributed by atoms with Crippen molar-refractivity contribution in [3.63, 3.8) is 0 Å². The van der Waals surface area contributed by atoms with Gasteiger partial charge in [-0.2, -0.15) is 0 Å². The molecule has 1 aliphatic carbocycles. The van der Waals surface area contributed by atoms with E-state index in [1.54, 1.807) is 24.3 Å². The first-order valence-corrected chi connectivity index (χ1v) is 8.13. The molecule has 0 radical (unpaired) electrons. The molecular formula is C16H16Cl2N2O2. The van der Waals surface area contributed by atoms with E-state index in [1.807, 2.05) is 0 Å². The van der Waals surface area contributed by atoms with E-state index in [9.17, 15) is 9.59 Å². The average molecular weight is 339 g/mol. The van der Waals surface area contributed by atoms with Crippen LogP contribution in [0, 0.1) is 0 Å². The van der Waals surface area contributed by atoms with Gasteiger partial charge in [-0.05, 0) is 36.6 Å². The molecule has 3 rings (SSSR count). The first-order valence-electron chi connectivity index (χ1n) is 7.37. The Hall–Kier alpha value is -1.52. The van der Waals surface area contributed by atoms with E-state index < -0.39 is 0 Å². The Morgan fingerprint density at radius 3 is 2.55 bits per heavy atom. The number of hydrogen-bond donors (Lipinski definition) is 1. The molecule has 1 saturated heterocycles. The number of nitrogens with one attached hydrogen (secondary N) is 1. The molecule has 1 aromatic rings. The van der Waals surface area contributed by atoms with Crippen molar-refractivity contribution in [1.29, 1.82) is 0 Å². The Morgan fingerprint density at radius 2 is 1.86 bits per heavy atom. The van der Waals surface area contributed by atoms with Gasteiger partial charge in [0.1, 0.15) is 5.70 Å². The first-order chi connectivity index (χ1) is 10.6. The number of hydrogen-bond acceptors (Lipinski definition) is 2. The van der Waals surface area contributed by atoms with Gasteiger partial charge in [-0.1, -0.05) is 48.5 Å². The molecule has 1 saturated carbocycles. The van der Waals surface area contributed by atoms with Gasteiger partial charge in [0, 0.05) is 16.1 Å². The first kappa shape index (κ1) is 15.4. The smallest absolute Gasteiger partial charge is 0.303 e. The molecule has 3 amide bonds. The summed E-state index contributed by atoms with van der Waals surface area (Å²) in [7, 11) is 0. The summed E-state index contributed by atoms with van der Waals surface area (Å²) in [5.41, 5.74) is 0.917. The molecular weight excluding hydrogens is 323 g/mol. The third kappa shape index (κ3) is 2.99. The van der Waals surface area contributed by atoms with Crippen molar-refractivity contribution in [2.75, 3.05) is 0 Å². The van der Waals surface area contributed by atoms with Crippen molar-refractivity contribution in [2.24, 2.45) is 0 Å². The molecule has 0 bridgehead atoms. The summed E-state index contributed by atoms with van der Waals surface area (Å²) in [5, 5.41) is 3.62. The monoisotopic (exact) mass is 338 g/mol. The van der Waals surface area contributed by atoms with Crippen LogP contribution in [0.3, 0.4) is 0 Å². The summed E-state index contributed by atoms with van der Waals surface area (Å²) < 4.78 is 0. The Bertz CT molecular complexity index is 652. The normalized spacial score (nSPS) is 21.5. The lowest BCUT2D eigenvalue weighted by atomic mass is 9.94. The molecule has 0 aromatic heterocycles. The van der Waals surface area contributed by atoms with E-state index in [4.69, 9.17) is 23.2 Å². The molecule has 22 heavy (non-hydrogen) atoms. The van der Waals surface area contributed by atoms with Crippen LogP contribution in [0.4, 0.5) is 4.79 Å². The zero-order valence-electron chi connectivity index (χ0n) is 11.9. The molecule has 116 valence electrons. The van der Waals surface area contributed by atoms with Gasteiger partial charge in [-0.25, -0.2) is 4.79 Å². The molecule has 1 aliphatic heterocycles. The number of halogens is 2. The molecule has 1 heterocycles. The van der Waals surface area contributed by atoms with Gasteiger partial charge >= 0.3 is 6.03 Å². The van der Waals surface area contributed by atoms with Crippen LogP contribution in [0.2, 0.25) is 10.0 Å². The quantitative estimate of drug-likeness (QED) is 0.648. The highest BCUT2D eigenvalue weighted by Crippen LogP contribution is 2.28. The molecule has 1 aromatic carbocycles. The summed E-state index contributed by atoms with van der Waals surface area (Å²) in [6.07, 6.45) is 6.65. The molecule has 0 atom stereocenters. The SMILES string of the molecule is O=C1N/C(=C\c2ccc(Cl)cc2Cl)C(=O)N1C1CCCCC1. The third-order valence-corrected chi connectivity index (χ3v) is 4.67. The lowest BCUT2D eigenvalue weighted by molar-refractivity contribution is -0.124. The van der Waals surface area contributed by atoms with Crippen LogP contribution in [0.25, 0.3) is 6.08 Å². The molecule has 2 aliphatic rings. The fourth-order valence-corrected chi connectivity index (χ4v) is 3.46. The molecule has 6 heteroatoms. The van der Waals surface area contributed by atoms with Crippen molar-refractivity contribution in [2.45, 2.75) is 38.1 Å². The predicted octanol–water partition coefficient (Wildman–Crippen LogP) is 4.22. The maximum atomic E-state index is 12.5. The van der Waals surface area contributed by atoms with Gasteiger partial charge in [0.25, 0.3) is 5.91 Å². The summed E-state index contributed by atoms with van der Waals surface area (Å²) >= 11 is 12.0. The highest BCUT2D eigenvalue weighted by Gasteiger charge is 2.38. The van der Waals surface area contributed by atoms with Crippen molar-refractivity contribution < 1.29 is 9.59 Å². The second kappa shape index (κ2) is 6.31. The Morgan fingerprint density at radius 1 is 1.14 bits per heavy atom. The van der Waals surface area contributed by atoms with Crippen molar-refractivity contribution in [1.82, 2.24) is 10.2 Å². The summed E-state index contributed by atoms with van der Waals surface area (Å²) in [4.78, 5) is 26.0. The van der Waals surface area contributed by atoms with E-state index in [-0.39, 0.29) is 23.7 Å². The molecule has 4 nitrogen and oxygen atoms in total. The van der Waals surface area contributed by atoms with E-state index in [2.05, 4.69) is 5.32 Å². The number of benzene rings is 1. The number of carbonyl (C=O) groups excluding carboxylic acids is 2. The number of amides is 3. The Balaban J connectivity index is 1.85. The van der Waals surface area contributed by atoms with Gasteiger partial charge in [0.15, 0.2) is 0 Å². The Labute approximate surface area is 139 Å². The van der Waals surface area contributed by atoms with Gasteiger partial charge in [-0.15, -0.1) is 0 Å². The number of nitrogens with zero attached hydrogens (tertiary/aromatic N) is 1. The standard InChI is InChI=1S/C16H16Cl2N2O2/c17-11-7-6-10(13(18)9-11)8-14-15(21)20(16(22)19-14)12-4-2-1-3-5-12/h6-9,12H,1-5H2,(H,19,22)/b14-8-. The zero-order valence-corrected chi connectivity index (χ0v) is 13.5. The highest BCUT2D eigenvalue weighted by molar-refractivity contribution is 6.35. The van der Waals surface area contributed by atoms with Gasteiger partial charge in [0.05, 0.1) is 0 Å². The van der Waals surface area contributed by atoms with Gasteiger partial charge in [-0.3, -0.25) is 9.69 Å². The molecule has 0 spiro atoms. The fourth-order valence-electron chi connectivity index (χ4n) is 2.99. The minimum Gasteiger partial charge on any atom is -0.303 e. The predicted molar refractivity (Wildman–Crippen MR) is 86.7 cm³/mol. The Kier molecular flexibility index (Phi) is 4.41. The van der Waals surface area contributed by atoms with Crippen molar-refractivity contribution >= 4 is 41.2 Å². The zero-order chi connectivity index (χ0) is 15.7. The van der Waals surface area contributed by atoms with Crippen molar-refractivity contribution in [3.05, 3.63) is 39.5 Å². The molecule has 0 unspecified atom stereocenters. The van der Waals surface area contributed by atoms with E-state index in [0.717, 1.165) is 25.7 Å². The maximum Gasteiger partial charge on any atom is 0.329 e. The van der Waals surface area contributed by atoms with Crippen LogP contribution in [0.15, 0.2) is 23.9 Å². The second-order valence-electron chi connectivity index (χ2n) is 5.62. The number of urea groups is 1.